The Bertz CT molecular complexity index is 889. The van der Waals surface area contributed by atoms with Crippen LogP contribution in [0.15, 0.2) is 51.8 Å². The molecule has 1 amide bonds. The van der Waals surface area contributed by atoms with Crippen molar-refractivity contribution in [2.75, 3.05) is 6.54 Å². The molecule has 0 aliphatic heterocycles. The van der Waals surface area contributed by atoms with E-state index in [0.29, 0.717) is 0 Å². The standard InChI is InChI=1S/C17H17BrF2N2O3S/c1-11(15-7-4-13(19)10-16(15)20)22-17(23)8-9-21-26(24,25)14-5-2-12(18)3-6-14/h2-7,10-11,21H,8-9H2,1H3,(H,22,23). The van der Waals surface area contributed by atoms with Gasteiger partial charge >= 0.3 is 0 Å². The molecule has 9 heteroatoms. The first-order valence-corrected chi connectivity index (χ1v) is 9.96. The molecular formula is C17H17BrF2N2O3S. The molecule has 2 aromatic carbocycles. The van der Waals surface area contributed by atoms with Crippen LogP contribution in [0.2, 0.25) is 0 Å². The molecule has 2 rings (SSSR count). The summed E-state index contributed by atoms with van der Waals surface area (Å²) in [5, 5.41) is 2.55. The van der Waals surface area contributed by atoms with E-state index in [1.165, 1.54) is 18.2 Å². The van der Waals surface area contributed by atoms with Crippen LogP contribution in [0.25, 0.3) is 0 Å². The van der Waals surface area contributed by atoms with Gasteiger partial charge in [-0.2, -0.15) is 0 Å². The van der Waals surface area contributed by atoms with Gasteiger partial charge in [0, 0.05) is 29.1 Å². The first kappa shape index (κ1) is 20.5. The molecular weight excluding hydrogens is 430 g/mol. The highest BCUT2D eigenvalue weighted by Gasteiger charge is 2.16. The van der Waals surface area contributed by atoms with Crippen LogP contribution < -0.4 is 10.0 Å². The molecule has 1 atom stereocenters. The minimum atomic E-state index is -3.72. The summed E-state index contributed by atoms with van der Waals surface area (Å²) in [7, 11) is -3.72. The first-order chi connectivity index (χ1) is 12.2. The van der Waals surface area contributed by atoms with Gasteiger partial charge < -0.3 is 5.32 Å². The Hall–Kier alpha value is -1.84. The van der Waals surface area contributed by atoms with Gasteiger partial charge in [-0.05, 0) is 37.3 Å². The van der Waals surface area contributed by atoms with Crippen LogP contribution in [0.4, 0.5) is 8.78 Å². The number of sulfonamides is 1. The predicted octanol–water partition coefficient (Wildman–Crippen LogP) is 3.27. The summed E-state index contributed by atoms with van der Waals surface area (Å²) < 4.78 is 53.9. The molecule has 5 nitrogen and oxygen atoms in total. The zero-order valence-electron chi connectivity index (χ0n) is 13.8. The second-order valence-corrected chi connectivity index (χ2v) is 8.24. The molecule has 0 aliphatic carbocycles. The van der Waals surface area contributed by atoms with E-state index >= 15 is 0 Å². The molecule has 0 aromatic heterocycles. The molecule has 2 N–H and O–H groups in total. The Morgan fingerprint density at radius 1 is 1.15 bits per heavy atom. The highest BCUT2D eigenvalue weighted by Crippen LogP contribution is 2.18. The number of hydrogen-bond acceptors (Lipinski definition) is 3. The second-order valence-electron chi connectivity index (χ2n) is 5.56. The zero-order valence-corrected chi connectivity index (χ0v) is 16.2. The molecule has 0 radical (unpaired) electrons. The van der Waals surface area contributed by atoms with Crippen LogP contribution in [-0.2, 0) is 14.8 Å². The maximum Gasteiger partial charge on any atom is 0.240 e. The van der Waals surface area contributed by atoms with Crippen molar-refractivity contribution in [3.05, 3.63) is 64.1 Å². The van der Waals surface area contributed by atoms with E-state index < -0.39 is 33.6 Å². The monoisotopic (exact) mass is 446 g/mol. The number of carbonyl (C=O) groups is 1. The Kier molecular flexibility index (Phi) is 6.85. The summed E-state index contributed by atoms with van der Waals surface area (Å²) in [5.74, 6) is -1.92. The van der Waals surface area contributed by atoms with Gasteiger partial charge in [0.05, 0.1) is 10.9 Å². The number of hydrogen-bond donors (Lipinski definition) is 2. The molecule has 2 aromatic rings. The molecule has 1 unspecified atom stereocenters. The minimum absolute atomic E-state index is 0.0860. The third-order valence-corrected chi connectivity index (χ3v) is 5.58. The van der Waals surface area contributed by atoms with Crippen LogP contribution in [0, 0.1) is 11.6 Å². The zero-order chi connectivity index (χ0) is 19.3. The van der Waals surface area contributed by atoms with Gasteiger partial charge in [0.15, 0.2) is 0 Å². The topological polar surface area (TPSA) is 75.3 Å². The SMILES string of the molecule is CC(NC(=O)CCNS(=O)(=O)c1ccc(Br)cc1)c1ccc(F)cc1F. The van der Waals surface area contributed by atoms with E-state index in [0.717, 1.165) is 16.6 Å². The lowest BCUT2D eigenvalue weighted by Gasteiger charge is -2.15. The minimum Gasteiger partial charge on any atom is -0.349 e. The highest BCUT2D eigenvalue weighted by atomic mass is 79.9. The second kappa shape index (κ2) is 8.70. The van der Waals surface area contributed by atoms with Gasteiger partial charge in [-0.15, -0.1) is 0 Å². The van der Waals surface area contributed by atoms with E-state index in [-0.39, 0.29) is 23.4 Å². The summed E-state index contributed by atoms with van der Waals surface area (Å²) in [6.07, 6.45) is -0.122. The first-order valence-electron chi connectivity index (χ1n) is 7.68. The fourth-order valence-electron chi connectivity index (χ4n) is 2.24. The third kappa shape index (κ3) is 5.58. The maximum atomic E-state index is 13.7. The number of halogens is 3. The molecule has 0 fully saturated rings. The number of carbonyl (C=O) groups excluding carboxylic acids is 1. The summed E-state index contributed by atoms with van der Waals surface area (Å²) in [4.78, 5) is 12.0. The van der Waals surface area contributed by atoms with Crippen molar-refractivity contribution in [3.63, 3.8) is 0 Å². The molecule has 0 saturated heterocycles. The van der Waals surface area contributed by atoms with Crippen molar-refractivity contribution in [1.82, 2.24) is 10.0 Å². The summed E-state index contributed by atoms with van der Waals surface area (Å²) >= 11 is 3.22. The van der Waals surface area contributed by atoms with Gasteiger partial charge in [-0.1, -0.05) is 22.0 Å². The Balaban J connectivity index is 1.87. The van der Waals surface area contributed by atoms with Crippen LogP contribution in [-0.4, -0.2) is 20.9 Å². The van der Waals surface area contributed by atoms with Crippen LogP contribution >= 0.6 is 15.9 Å². The lowest BCUT2D eigenvalue weighted by Crippen LogP contribution is -2.32. The predicted molar refractivity (Wildman–Crippen MR) is 96.9 cm³/mol. The smallest absolute Gasteiger partial charge is 0.240 e. The molecule has 0 heterocycles. The van der Waals surface area contributed by atoms with Gasteiger partial charge in [0.1, 0.15) is 11.6 Å². The van der Waals surface area contributed by atoms with Gasteiger partial charge in [0.2, 0.25) is 15.9 Å². The van der Waals surface area contributed by atoms with Crippen molar-refractivity contribution in [2.45, 2.75) is 24.3 Å². The quantitative estimate of drug-likeness (QED) is 0.685. The molecule has 0 saturated carbocycles. The number of amides is 1. The molecule has 26 heavy (non-hydrogen) atoms. The van der Waals surface area contributed by atoms with Gasteiger partial charge in [-0.3, -0.25) is 4.79 Å². The normalized spacial score (nSPS) is 12.6. The van der Waals surface area contributed by atoms with Crippen molar-refractivity contribution in [1.29, 1.82) is 0 Å². The highest BCUT2D eigenvalue weighted by molar-refractivity contribution is 9.10. The Morgan fingerprint density at radius 2 is 1.81 bits per heavy atom. The summed E-state index contributed by atoms with van der Waals surface area (Å²) in [6.45, 7) is 1.45. The van der Waals surface area contributed by atoms with Crippen molar-refractivity contribution in [2.24, 2.45) is 0 Å². The Labute approximate surface area is 159 Å². The Morgan fingerprint density at radius 3 is 2.42 bits per heavy atom. The van der Waals surface area contributed by atoms with Crippen molar-refractivity contribution in [3.8, 4) is 0 Å². The fraction of sp³-hybridized carbons (Fsp3) is 0.235. The lowest BCUT2D eigenvalue weighted by atomic mass is 10.1. The lowest BCUT2D eigenvalue weighted by molar-refractivity contribution is -0.121. The van der Waals surface area contributed by atoms with Crippen LogP contribution in [0.5, 0.6) is 0 Å². The van der Waals surface area contributed by atoms with Crippen molar-refractivity contribution < 1.29 is 22.0 Å². The van der Waals surface area contributed by atoms with Gasteiger partial charge in [0.25, 0.3) is 0 Å². The van der Waals surface area contributed by atoms with E-state index in [1.54, 1.807) is 19.1 Å². The van der Waals surface area contributed by atoms with Gasteiger partial charge in [-0.25, -0.2) is 21.9 Å². The third-order valence-electron chi connectivity index (χ3n) is 3.57. The average molecular weight is 447 g/mol. The molecule has 0 bridgehead atoms. The fourth-order valence-corrected chi connectivity index (χ4v) is 3.54. The number of nitrogens with one attached hydrogen (secondary N) is 2. The number of benzene rings is 2. The largest absolute Gasteiger partial charge is 0.349 e. The summed E-state index contributed by atoms with van der Waals surface area (Å²) in [6, 6.07) is 8.49. The van der Waals surface area contributed by atoms with E-state index in [2.05, 4.69) is 26.0 Å². The summed E-state index contributed by atoms with van der Waals surface area (Å²) in [5.41, 5.74) is 0.148. The van der Waals surface area contributed by atoms with E-state index in [1.807, 2.05) is 0 Å². The van der Waals surface area contributed by atoms with Crippen LogP contribution in [0.1, 0.15) is 24.9 Å². The van der Waals surface area contributed by atoms with E-state index in [9.17, 15) is 22.0 Å². The maximum absolute atomic E-state index is 13.7. The molecule has 0 spiro atoms. The number of rotatable bonds is 7. The average Bonchev–Trinajstić information content (AvgIpc) is 2.54. The van der Waals surface area contributed by atoms with Crippen LogP contribution in [0.3, 0.4) is 0 Å². The molecule has 140 valence electrons. The van der Waals surface area contributed by atoms with Crippen molar-refractivity contribution >= 4 is 31.9 Å². The van der Waals surface area contributed by atoms with E-state index in [4.69, 9.17) is 0 Å². The molecule has 0 aliphatic rings.